The Kier molecular flexibility index (Phi) is 7.38. The van der Waals surface area contributed by atoms with Crippen molar-refractivity contribution >= 4 is 49.7 Å². The number of phosphoric acid groups is 2. The summed E-state index contributed by atoms with van der Waals surface area (Å²) < 4.78 is 62.0. The molecular formula is C22H26N10O12P2. The zero-order valence-corrected chi connectivity index (χ0v) is 25.3. The normalized spacial score (nSPS) is 33.7. The Labute approximate surface area is 256 Å². The van der Waals surface area contributed by atoms with Crippen molar-refractivity contribution in [1.29, 1.82) is 0 Å². The number of phosphoric ester groups is 2. The van der Waals surface area contributed by atoms with Gasteiger partial charge in [-0.15, -0.1) is 0 Å². The molecule has 0 amide bonds. The number of hydrogen-bond donors (Lipinski definition) is 6. The molecule has 4 aromatic heterocycles. The standard InChI is InChI=1S/C22H26N10O12P2/c1-39-16-15-10(42-21(16)32-7-28-12-19(32)29-22(24)30-20(12)34)4-41-46(37,38)43-14-8(3-40-45(35,36)44-15)2-9(13(14)33)31-6-27-11-17(23)25-5-26-18(11)31/h5-9,13-14,16,21,33H,2-4H2,1H3,(H,35,36)(H,37,38)(H2,23,25,26)(H3,24,29,30,34)/t8-,9-,13?,14?,16?,21-/m1/s1. The van der Waals surface area contributed by atoms with Gasteiger partial charge in [-0.25, -0.2) is 29.1 Å². The van der Waals surface area contributed by atoms with Gasteiger partial charge in [0.2, 0.25) is 12.2 Å². The molecule has 3 aliphatic rings. The van der Waals surface area contributed by atoms with E-state index < -0.39 is 76.7 Å². The van der Waals surface area contributed by atoms with Gasteiger partial charge in [-0.3, -0.25) is 32.8 Å². The zero-order valence-electron chi connectivity index (χ0n) is 23.5. The Bertz CT molecular complexity index is 2030. The Morgan fingerprint density at radius 3 is 2.59 bits per heavy atom. The third-order valence-corrected chi connectivity index (χ3v) is 9.67. The number of fused-ring (bicyclic) bond motifs is 3. The molecule has 8 N–H and O–H groups in total. The van der Waals surface area contributed by atoms with Gasteiger partial charge in [-0.1, -0.05) is 0 Å². The van der Waals surface area contributed by atoms with Crippen LogP contribution in [0, 0.1) is 5.92 Å². The minimum Gasteiger partial charge on any atom is -0.465 e. The van der Waals surface area contributed by atoms with Crippen LogP contribution in [-0.4, -0.2) is 92.6 Å². The van der Waals surface area contributed by atoms with Crippen molar-refractivity contribution in [2.45, 2.75) is 37.0 Å². The van der Waals surface area contributed by atoms with Crippen LogP contribution in [0.15, 0.2) is 35.3 Å². The molecule has 4 aromatic rings. The lowest BCUT2D eigenvalue weighted by molar-refractivity contribution is -0.0340. The van der Waals surface area contributed by atoms with Crippen LogP contribution in [0.2, 0.25) is 0 Å². The predicted molar refractivity (Wildman–Crippen MR) is 151 cm³/mol. The maximum absolute atomic E-state index is 13.3. The summed E-state index contributed by atoms with van der Waals surface area (Å²) in [4.78, 5) is 56.4. The smallest absolute Gasteiger partial charge is 0.465 e. The molecule has 0 aromatic carbocycles. The molecule has 22 nitrogen and oxygen atoms in total. The molecule has 7 rings (SSSR count). The van der Waals surface area contributed by atoms with Crippen LogP contribution >= 0.6 is 15.6 Å². The maximum atomic E-state index is 13.3. The first kappa shape index (κ1) is 30.7. The first-order chi connectivity index (χ1) is 21.9. The number of anilines is 2. The fraction of sp³-hybridized carbons (Fsp3) is 0.455. The first-order valence-corrected chi connectivity index (χ1v) is 16.4. The van der Waals surface area contributed by atoms with Gasteiger partial charge in [-0.2, -0.15) is 4.98 Å². The predicted octanol–water partition coefficient (Wildman–Crippen LogP) is -0.549. The van der Waals surface area contributed by atoms with E-state index in [4.69, 9.17) is 39.0 Å². The highest BCUT2D eigenvalue weighted by atomic mass is 31.2. The number of ether oxygens (including phenoxy) is 2. The summed E-state index contributed by atoms with van der Waals surface area (Å²) in [5, 5.41) is 11.3. The van der Waals surface area contributed by atoms with Crippen LogP contribution in [0.3, 0.4) is 0 Å². The van der Waals surface area contributed by atoms with Crippen LogP contribution < -0.4 is 17.0 Å². The summed E-state index contributed by atoms with van der Waals surface area (Å²) in [6.07, 6.45) is -1.69. The number of nitrogens with one attached hydrogen (secondary N) is 1. The Morgan fingerprint density at radius 1 is 1.04 bits per heavy atom. The number of aliphatic hydroxyl groups is 1. The van der Waals surface area contributed by atoms with Gasteiger partial charge in [-0.05, 0) is 6.42 Å². The Morgan fingerprint density at radius 2 is 1.80 bits per heavy atom. The summed E-state index contributed by atoms with van der Waals surface area (Å²) in [5.74, 6) is -1.82. The highest BCUT2D eigenvalue weighted by Crippen LogP contribution is 2.55. The molecule has 5 unspecified atom stereocenters. The van der Waals surface area contributed by atoms with E-state index in [0.29, 0.717) is 0 Å². The van der Waals surface area contributed by atoms with E-state index in [0.717, 1.165) is 0 Å². The summed E-state index contributed by atoms with van der Waals surface area (Å²) in [6.45, 7) is -1.40. The van der Waals surface area contributed by atoms with Gasteiger partial charge < -0.3 is 40.0 Å². The molecular weight excluding hydrogens is 658 g/mol. The van der Waals surface area contributed by atoms with E-state index in [9.17, 15) is 28.8 Å². The van der Waals surface area contributed by atoms with Crippen molar-refractivity contribution in [1.82, 2.24) is 39.0 Å². The summed E-state index contributed by atoms with van der Waals surface area (Å²) in [6, 6.07) is -0.841. The average molecular weight is 684 g/mol. The van der Waals surface area contributed by atoms with Gasteiger partial charge in [0.05, 0.1) is 19.0 Å². The third-order valence-electron chi connectivity index (χ3n) is 7.80. The van der Waals surface area contributed by atoms with Gasteiger partial charge in [0, 0.05) is 13.0 Å². The number of rotatable bonds is 3. The molecule has 0 spiro atoms. The van der Waals surface area contributed by atoms with E-state index in [1.54, 1.807) is 0 Å². The quantitative estimate of drug-likeness (QED) is 0.147. The molecule has 0 bridgehead atoms. The van der Waals surface area contributed by atoms with Crippen molar-refractivity contribution in [3.05, 3.63) is 40.9 Å². The number of H-pyrrole nitrogens is 1. The second-order valence-corrected chi connectivity index (χ2v) is 13.3. The lowest BCUT2D eigenvalue weighted by Crippen LogP contribution is -2.33. The first-order valence-electron chi connectivity index (χ1n) is 13.4. The lowest BCUT2D eigenvalue weighted by atomic mass is 10.1. The minimum absolute atomic E-state index is 0.0179. The van der Waals surface area contributed by atoms with Gasteiger partial charge in [0.15, 0.2) is 40.3 Å². The summed E-state index contributed by atoms with van der Waals surface area (Å²) in [5.41, 5.74) is 11.4. The van der Waals surface area contributed by atoms with Gasteiger partial charge >= 0.3 is 15.6 Å². The second kappa shape index (κ2) is 11.1. The second-order valence-electron chi connectivity index (χ2n) is 10.5. The number of nitrogen functional groups attached to an aromatic ring is 2. The van der Waals surface area contributed by atoms with Crippen LogP contribution in [-0.2, 0) is 36.7 Å². The molecule has 0 radical (unpaired) electrons. The average Bonchev–Trinajstić information content (AvgIpc) is 3.75. The van der Waals surface area contributed by atoms with E-state index >= 15 is 0 Å². The molecule has 24 heteroatoms. The summed E-state index contributed by atoms with van der Waals surface area (Å²) >= 11 is 0. The van der Waals surface area contributed by atoms with Crippen molar-refractivity contribution in [2.24, 2.45) is 5.92 Å². The van der Waals surface area contributed by atoms with Crippen molar-refractivity contribution in [3.63, 3.8) is 0 Å². The number of aromatic amines is 1. The molecule has 8 atom stereocenters. The fourth-order valence-corrected chi connectivity index (χ4v) is 7.60. The number of methoxy groups -OCH3 is 1. The van der Waals surface area contributed by atoms with E-state index in [1.165, 1.54) is 35.2 Å². The number of aliphatic hydroxyl groups excluding tert-OH is 1. The Hall–Kier alpha value is -3.98. The van der Waals surface area contributed by atoms with Crippen LogP contribution in [0.25, 0.3) is 22.3 Å². The Balaban J connectivity index is 1.19. The van der Waals surface area contributed by atoms with Crippen LogP contribution in [0.1, 0.15) is 18.7 Å². The molecule has 2 aliphatic heterocycles. The number of aromatic nitrogens is 8. The SMILES string of the molecule is COC1C2=C(COP(=O)(O)OC3C(O)[C@H](n4cnc5c(N)ncnc54)C[C@@H]3COP(=O)(O)O2)O[C@H]1n1cnc2c(=O)[nH]c(N)nc21. The number of hydrogen-bond acceptors (Lipinski definition) is 17. The third kappa shape index (κ3) is 5.22. The van der Waals surface area contributed by atoms with Gasteiger partial charge in [0.1, 0.15) is 37.0 Å². The minimum atomic E-state index is -4.97. The monoisotopic (exact) mass is 684 g/mol. The maximum Gasteiger partial charge on any atom is 0.527 e. The number of imidazole rings is 2. The van der Waals surface area contributed by atoms with E-state index in [1.807, 2.05) is 0 Å². The number of nitrogens with two attached hydrogens (primary N) is 2. The van der Waals surface area contributed by atoms with E-state index in [-0.39, 0.29) is 46.3 Å². The van der Waals surface area contributed by atoms with Gasteiger partial charge in [0.25, 0.3) is 5.56 Å². The fourth-order valence-electron chi connectivity index (χ4n) is 5.77. The van der Waals surface area contributed by atoms with Crippen LogP contribution in [0.5, 0.6) is 0 Å². The summed E-state index contributed by atoms with van der Waals surface area (Å²) in [7, 11) is -8.70. The van der Waals surface area contributed by atoms with Crippen molar-refractivity contribution < 1.29 is 51.6 Å². The molecule has 1 fully saturated rings. The highest BCUT2D eigenvalue weighted by Gasteiger charge is 2.51. The molecule has 1 aliphatic carbocycles. The molecule has 6 heterocycles. The largest absolute Gasteiger partial charge is 0.527 e. The lowest BCUT2D eigenvalue weighted by Gasteiger charge is -2.26. The highest BCUT2D eigenvalue weighted by molar-refractivity contribution is 7.47. The molecule has 46 heavy (non-hydrogen) atoms. The van der Waals surface area contributed by atoms with Crippen LogP contribution in [0.4, 0.5) is 11.8 Å². The number of nitrogens with zero attached hydrogens (tertiary/aromatic N) is 7. The van der Waals surface area contributed by atoms with Crippen molar-refractivity contribution in [2.75, 3.05) is 31.8 Å². The zero-order chi connectivity index (χ0) is 32.5. The molecule has 246 valence electrons. The molecule has 1 saturated carbocycles. The van der Waals surface area contributed by atoms with Crippen molar-refractivity contribution in [3.8, 4) is 0 Å². The topological polar surface area (TPSA) is 309 Å². The molecule has 0 saturated heterocycles. The van der Waals surface area contributed by atoms with E-state index in [2.05, 4.69) is 29.9 Å².